The number of likely N-dealkylation sites (tertiary alicyclic amines) is 1. The van der Waals surface area contributed by atoms with Crippen LogP contribution in [0.15, 0.2) is 83.7 Å². The maximum atomic E-state index is 13.5. The molecule has 1 aliphatic heterocycles. The minimum absolute atomic E-state index is 0.0256. The zero-order valence-corrected chi connectivity index (χ0v) is 19.3. The number of fused-ring (bicyclic) bond motifs is 1. The number of halogens is 1. The highest BCUT2D eigenvalue weighted by Gasteiger charge is 2.25. The van der Waals surface area contributed by atoms with E-state index in [-0.39, 0.29) is 17.8 Å². The van der Waals surface area contributed by atoms with Gasteiger partial charge in [-0.2, -0.15) is 4.98 Å². The smallest absolute Gasteiger partial charge is 0.306 e. The maximum absolute atomic E-state index is 13.5. The number of nitrogens with zero attached hydrogens (tertiary/aromatic N) is 5. The number of oxazole rings is 1. The SMILES string of the molecule is O=C(c1ccccc1)N1CCC[C@@H](Nc2nccc(-c3c(-c4ccc(F)cc4)nc4occn34)n2)C1. The van der Waals surface area contributed by atoms with Crippen molar-refractivity contribution in [1.29, 1.82) is 0 Å². The molecule has 2 aromatic carbocycles. The lowest BCUT2D eigenvalue weighted by Crippen LogP contribution is -2.45. The van der Waals surface area contributed by atoms with Crippen LogP contribution in [0.2, 0.25) is 0 Å². The summed E-state index contributed by atoms with van der Waals surface area (Å²) in [7, 11) is 0. The van der Waals surface area contributed by atoms with Crippen molar-refractivity contribution in [3.63, 3.8) is 0 Å². The molecule has 1 aliphatic rings. The molecule has 9 heteroatoms. The highest BCUT2D eigenvalue weighted by atomic mass is 19.1. The van der Waals surface area contributed by atoms with Gasteiger partial charge in [-0.15, -0.1) is 0 Å². The van der Waals surface area contributed by atoms with Crippen LogP contribution in [0.5, 0.6) is 0 Å². The van der Waals surface area contributed by atoms with E-state index in [0.717, 1.165) is 30.6 Å². The molecule has 1 fully saturated rings. The van der Waals surface area contributed by atoms with E-state index in [9.17, 15) is 9.18 Å². The minimum Gasteiger partial charge on any atom is -0.432 e. The van der Waals surface area contributed by atoms with Crippen LogP contribution >= 0.6 is 0 Å². The van der Waals surface area contributed by atoms with E-state index in [0.29, 0.717) is 35.3 Å². The minimum atomic E-state index is -0.316. The third-order valence-electron chi connectivity index (χ3n) is 6.34. The van der Waals surface area contributed by atoms with Gasteiger partial charge >= 0.3 is 5.84 Å². The standard InChI is InChI=1S/C27H23FN6O2/c28-20-10-8-18(9-11-20)23-24(34-15-16-36-27(34)32-23)22-12-13-29-26(31-22)30-21-7-4-14-33(17-21)25(35)19-5-2-1-3-6-19/h1-3,5-6,8-13,15-16,21H,4,7,14,17H2,(H,29,30,31)/t21-/m1/s1. The molecule has 4 heterocycles. The van der Waals surface area contributed by atoms with Crippen LogP contribution in [0.3, 0.4) is 0 Å². The molecule has 36 heavy (non-hydrogen) atoms. The molecule has 0 radical (unpaired) electrons. The summed E-state index contributed by atoms with van der Waals surface area (Å²) >= 11 is 0. The summed E-state index contributed by atoms with van der Waals surface area (Å²) in [6.45, 7) is 1.29. The molecular formula is C27H23FN6O2. The number of nitrogens with one attached hydrogen (secondary N) is 1. The Bertz CT molecular complexity index is 1510. The molecule has 5 aromatic rings. The van der Waals surface area contributed by atoms with E-state index in [2.05, 4.69) is 15.3 Å². The fraction of sp³-hybridized carbons (Fsp3) is 0.185. The second-order valence-corrected chi connectivity index (χ2v) is 8.74. The lowest BCUT2D eigenvalue weighted by Gasteiger charge is -2.33. The van der Waals surface area contributed by atoms with Crippen molar-refractivity contribution in [2.75, 3.05) is 18.4 Å². The molecule has 3 aromatic heterocycles. The Labute approximate surface area is 206 Å². The lowest BCUT2D eigenvalue weighted by molar-refractivity contribution is 0.0714. The van der Waals surface area contributed by atoms with E-state index < -0.39 is 0 Å². The number of rotatable bonds is 5. The van der Waals surface area contributed by atoms with Gasteiger partial charge in [0.05, 0.1) is 5.69 Å². The van der Waals surface area contributed by atoms with Crippen LogP contribution in [0.4, 0.5) is 10.3 Å². The van der Waals surface area contributed by atoms with Gasteiger partial charge in [-0.1, -0.05) is 18.2 Å². The van der Waals surface area contributed by atoms with Crippen molar-refractivity contribution >= 4 is 17.7 Å². The number of imidazole rings is 1. The molecular weight excluding hydrogens is 459 g/mol. The number of hydrogen-bond acceptors (Lipinski definition) is 6. The molecule has 1 N–H and O–H groups in total. The monoisotopic (exact) mass is 482 g/mol. The summed E-state index contributed by atoms with van der Waals surface area (Å²) < 4.78 is 20.8. The largest absolute Gasteiger partial charge is 0.432 e. The topological polar surface area (TPSA) is 88.6 Å². The zero-order valence-electron chi connectivity index (χ0n) is 19.3. The average molecular weight is 483 g/mol. The Balaban J connectivity index is 1.27. The highest BCUT2D eigenvalue weighted by molar-refractivity contribution is 5.94. The Kier molecular flexibility index (Phi) is 5.65. The number of amides is 1. The molecule has 0 bridgehead atoms. The summed E-state index contributed by atoms with van der Waals surface area (Å²) in [5, 5.41) is 3.41. The molecule has 0 saturated carbocycles. The molecule has 1 saturated heterocycles. The number of piperidine rings is 1. The van der Waals surface area contributed by atoms with Crippen molar-refractivity contribution in [2.24, 2.45) is 0 Å². The lowest BCUT2D eigenvalue weighted by atomic mass is 10.0. The zero-order chi connectivity index (χ0) is 24.5. The van der Waals surface area contributed by atoms with Crippen molar-refractivity contribution in [2.45, 2.75) is 18.9 Å². The number of carbonyl (C=O) groups is 1. The molecule has 0 spiro atoms. The van der Waals surface area contributed by atoms with Crippen molar-refractivity contribution in [3.8, 4) is 22.6 Å². The Hall–Kier alpha value is -4.53. The van der Waals surface area contributed by atoms with Gasteiger partial charge in [0.2, 0.25) is 5.95 Å². The van der Waals surface area contributed by atoms with Gasteiger partial charge in [-0.3, -0.25) is 9.20 Å². The predicted molar refractivity (Wildman–Crippen MR) is 133 cm³/mol. The first-order valence-electron chi connectivity index (χ1n) is 11.8. The van der Waals surface area contributed by atoms with Crippen molar-refractivity contribution in [1.82, 2.24) is 24.3 Å². The van der Waals surface area contributed by atoms with Crippen LogP contribution in [0, 0.1) is 5.82 Å². The third-order valence-corrected chi connectivity index (χ3v) is 6.34. The summed E-state index contributed by atoms with van der Waals surface area (Å²) in [5.41, 5.74) is 3.45. The van der Waals surface area contributed by atoms with Crippen LogP contribution in [-0.2, 0) is 0 Å². The van der Waals surface area contributed by atoms with Gasteiger partial charge in [-0.25, -0.2) is 14.4 Å². The Morgan fingerprint density at radius 2 is 1.89 bits per heavy atom. The molecule has 1 atom stereocenters. The second-order valence-electron chi connectivity index (χ2n) is 8.74. The first-order chi connectivity index (χ1) is 17.7. The van der Waals surface area contributed by atoms with Crippen LogP contribution in [-0.4, -0.2) is 49.3 Å². The summed E-state index contributed by atoms with van der Waals surface area (Å²) in [5.74, 6) is 0.598. The molecule has 180 valence electrons. The molecule has 6 rings (SSSR count). The van der Waals surface area contributed by atoms with Gasteiger partial charge in [0, 0.05) is 42.7 Å². The van der Waals surface area contributed by atoms with Gasteiger partial charge in [0.15, 0.2) is 0 Å². The normalized spacial score (nSPS) is 15.8. The molecule has 1 amide bonds. The van der Waals surface area contributed by atoms with Crippen molar-refractivity contribution < 1.29 is 13.6 Å². The third kappa shape index (κ3) is 4.19. The van der Waals surface area contributed by atoms with E-state index in [1.54, 1.807) is 36.9 Å². The van der Waals surface area contributed by atoms with E-state index in [1.165, 1.54) is 12.1 Å². The predicted octanol–water partition coefficient (Wildman–Crippen LogP) is 4.91. The van der Waals surface area contributed by atoms with Crippen LogP contribution in [0.25, 0.3) is 28.5 Å². The maximum Gasteiger partial charge on any atom is 0.306 e. The molecule has 0 aliphatic carbocycles. The summed E-state index contributed by atoms with van der Waals surface area (Å²) in [6.07, 6.45) is 6.82. The second kappa shape index (κ2) is 9.26. The molecule has 0 unspecified atom stereocenters. The van der Waals surface area contributed by atoms with E-state index in [4.69, 9.17) is 9.40 Å². The first kappa shape index (κ1) is 22.0. The van der Waals surface area contributed by atoms with Crippen LogP contribution < -0.4 is 5.32 Å². The number of benzene rings is 2. The van der Waals surface area contributed by atoms with Gasteiger partial charge in [0.1, 0.15) is 23.5 Å². The number of aromatic nitrogens is 4. The van der Waals surface area contributed by atoms with E-state index in [1.807, 2.05) is 39.6 Å². The van der Waals surface area contributed by atoms with Gasteiger partial charge < -0.3 is 14.6 Å². The summed E-state index contributed by atoms with van der Waals surface area (Å²) in [4.78, 5) is 28.6. The average Bonchev–Trinajstić information content (AvgIpc) is 3.51. The first-order valence-corrected chi connectivity index (χ1v) is 11.8. The summed E-state index contributed by atoms with van der Waals surface area (Å²) in [6, 6.07) is 17.3. The van der Waals surface area contributed by atoms with Crippen LogP contribution in [0.1, 0.15) is 23.2 Å². The number of anilines is 1. The molecule has 8 nitrogen and oxygen atoms in total. The highest BCUT2D eigenvalue weighted by Crippen LogP contribution is 2.32. The quantitative estimate of drug-likeness (QED) is 0.383. The number of carbonyl (C=O) groups excluding carboxylic acids is 1. The fourth-order valence-corrected chi connectivity index (χ4v) is 4.62. The Morgan fingerprint density at radius 3 is 2.72 bits per heavy atom. The Morgan fingerprint density at radius 1 is 1.06 bits per heavy atom. The van der Waals surface area contributed by atoms with E-state index >= 15 is 0 Å². The van der Waals surface area contributed by atoms with Gasteiger partial charge in [-0.05, 0) is 55.3 Å². The fourth-order valence-electron chi connectivity index (χ4n) is 4.62. The van der Waals surface area contributed by atoms with Crippen molar-refractivity contribution in [3.05, 3.63) is 90.7 Å². The van der Waals surface area contributed by atoms with Gasteiger partial charge in [0.25, 0.3) is 5.91 Å². The number of hydrogen-bond donors (Lipinski definition) is 1.